The third-order valence-electron chi connectivity index (χ3n) is 2.69. The molecule has 0 bridgehead atoms. The van der Waals surface area contributed by atoms with Crippen molar-refractivity contribution in [1.29, 1.82) is 0 Å². The molecule has 1 rings (SSSR count). The van der Waals surface area contributed by atoms with Crippen LogP contribution in [0.2, 0.25) is 0 Å². The molecule has 1 fully saturated rings. The maximum atomic E-state index is 10.6. The Labute approximate surface area is 96.2 Å². The third kappa shape index (κ3) is 4.87. The maximum Gasteiger partial charge on any atom is 0.300 e. The largest absolute Gasteiger partial charge is 0.300 e. The molecule has 0 aromatic heterocycles. The fourth-order valence-electron chi connectivity index (χ4n) is 1.95. The summed E-state index contributed by atoms with van der Waals surface area (Å²) in [4.78, 5) is 2.35. The summed E-state index contributed by atoms with van der Waals surface area (Å²) in [5, 5.41) is 2.07. The van der Waals surface area contributed by atoms with Gasteiger partial charge in [0.2, 0.25) is 0 Å². The Hall–Kier alpha value is -0.240. The summed E-state index contributed by atoms with van der Waals surface area (Å²) in [6, 6.07) is 0.398. The summed E-state index contributed by atoms with van der Waals surface area (Å²) in [6.07, 6.45) is 4.13. The van der Waals surface area contributed by atoms with Gasteiger partial charge in [-0.15, -0.1) is 0 Å². The van der Waals surface area contributed by atoms with Crippen molar-refractivity contribution in [3.8, 4) is 11.2 Å². The number of piperidine rings is 1. The van der Waals surface area contributed by atoms with Crippen LogP contribution in [0.25, 0.3) is 0 Å². The van der Waals surface area contributed by atoms with E-state index in [1.165, 1.54) is 12.8 Å². The van der Waals surface area contributed by atoms with Gasteiger partial charge in [-0.05, 0) is 25.9 Å². The van der Waals surface area contributed by atoms with Gasteiger partial charge < -0.3 is 0 Å². The topological polar surface area (TPSA) is 37.4 Å². The van der Waals surface area contributed by atoms with Gasteiger partial charge in [0, 0.05) is 28.4 Å². The second-order valence-electron chi connectivity index (χ2n) is 3.70. The number of nitrogens with zero attached hydrogens (tertiary/aromatic N) is 1. The minimum atomic E-state index is -3.66. The normalized spacial score (nSPS) is 23.2. The lowest BCUT2D eigenvalue weighted by Gasteiger charge is -2.33. The molecule has 0 aromatic carbocycles. The van der Waals surface area contributed by atoms with Gasteiger partial charge in [-0.3, -0.25) is 4.90 Å². The first-order valence-electron chi connectivity index (χ1n) is 5.21. The lowest BCUT2D eigenvalue weighted by Crippen LogP contribution is -2.38. The molecule has 0 radical (unpaired) electrons. The van der Waals surface area contributed by atoms with Gasteiger partial charge in [-0.1, -0.05) is 19.3 Å². The van der Waals surface area contributed by atoms with E-state index in [9.17, 15) is 8.42 Å². The van der Waals surface area contributed by atoms with Crippen molar-refractivity contribution in [2.75, 3.05) is 13.1 Å². The van der Waals surface area contributed by atoms with Gasteiger partial charge in [0.25, 0.3) is 0 Å². The van der Waals surface area contributed by atoms with E-state index in [0.29, 0.717) is 12.5 Å². The smallest absolute Gasteiger partial charge is 0.300 e. The molecule has 5 heteroatoms. The van der Waals surface area contributed by atoms with E-state index in [0.717, 1.165) is 19.5 Å². The molecule has 1 unspecified atom stereocenters. The maximum absolute atomic E-state index is 10.6. The third-order valence-corrected chi connectivity index (χ3v) is 3.31. The average molecular weight is 250 g/mol. The number of hydrogen-bond acceptors (Lipinski definition) is 3. The van der Waals surface area contributed by atoms with E-state index in [1.807, 2.05) is 0 Å². The van der Waals surface area contributed by atoms with Gasteiger partial charge >= 0.3 is 9.05 Å². The molecule has 1 atom stereocenters. The van der Waals surface area contributed by atoms with Gasteiger partial charge in [-0.2, -0.15) is 8.42 Å². The Morgan fingerprint density at radius 2 is 2.20 bits per heavy atom. The van der Waals surface area contributed by atoms with E-state index < -0.39 is 9.05 Å². The summed E-state index contributed by atoms with van der Waals surface area (Å²) in [5.41, 5.74) is 0. The van der Waals surface area contributed by atoms with Crippen molar-refractivity contribution in [2.24, 2.45) is 0 Å². The lowest BCUT2D eigenvalue weighted by atomic mass is 10.00. The molecule has 86 valence electrons. The van der Waals surface area contributed by atoms with Crippen LogP contribution in [0.1, 0.15) is 32.6 Å². The molecule has 0 aliphatic carbocycles. The van der Waals surface area contributed by atoms with E-state index in [1.54, 1.807) is 0 Å². The molecule has 1 heterocycles. The van der Waals surface area contributed by atoms with Crippen molar-refractivity contribution < 1.29 is 8.42 Å². The van der Waals surface area contributed by atoms with Crippen LogP contribution in [0.15, 0.2) is 0 Å². The molecular weight excluding hydrogens is 234 g/mol. The molecule has 0 aromatic rings. The summed E-state index contributed by atoms with van der Waals surface area (Å²) >= 11 is 0. The minimum Gasteiger partial charge on any atom is -0.300 e. The van der Waals surface area contributed by atoms with Crippen LogP contribution in [0.4, 0.5) is 0 Å². The molecular formula is C10H16ClNO2S. The van der Waals surface area contributed by atoms with Crippen molar-refractivity contribution in [3.05, 3.63) is 0 Å². The predicted molar refractivity (Wildman–Crippen MR) is 62.1 cm³/mol. The number of halogens is 1. The van der Waals surface area contributed by atoms with Gasteiger partial charge in [0.1, 0.15) is 0 Å². The lowest BCUT2D eigenvalue weighted by molar-refractivity contribution is 0.159. The highest BCUT2D eigenvalue weighted by Crippen LogP contribution is 2.18. The van der Waals surface area contributed by atoms with E-state index in [2.05, 4.69) is 23.0 Å². The SMILES string of the molecule is CCN1CCCCC1CC#CS(=O)(=O)Cl. The standard InChI is InChI=1S/C10H16ClNO2S/c1-2-12-8-4-3-6-10(12)7-5-9-15(11,13)14/h10H,2-4,6-8H2,1H3. The van der Waals surface area contributed by atoms with Gasteiger partial charge in [0.05, 0.1) is 0 Å². The number of hydrogen-bond donors (Lipinski definition) is 0. The van der Waals surface area contributed by atoms with Crippen LogP contribution in [-0.2, 0) is 9.05 Å². The van der Waals surface area contributed by atoms with Crippen LogP contribution < -0.4 is 0 Å². The first-order valence-corrected chi connectivity index (χ1v) is 7.52. The monoisotopic (exact) mass is 249 g/mol. The van der Waals surface area contributed by atoms with Crippen LogP contribution in [0.5, 0.6) is 0 Å². The second kappa shape index (κ2) is 5.74. The first kappa shape index (κ1) is 12.8. The van der Waals surface area contributed by atoms with E-state index in [-0.39, 0.29) is 0 Å². The number of rotatable bonds is 2. The molecule has 0 amide bonds. The van der Waals surface area contributed by atoms with Crippen molar-refractivity contribution in [3.63, 3.8) is 0 Å². The Balaban J connectivity index is 2.51. The van der Waals surface area contributed by atoms with Gasteiger partial charge in [0.15, 0.2) is 0 Å². The molecule has 15 heavy (non-hydrogen) atoms. The van der Waals surface area contributed by atoms with Gasteiger partial charge in [-0.25, -0.2) is 0 Å². The molecule has 1 aliphatic heterocycles. The molecule has 0 saturated carbocycles. The zero-order valence-corrected chi connectivity index (χ0v) is 10.4. The highest BCUT2D eigenvalue weighted by atomic mass is 35.7. The van der Waals surface area contributed by atoms with Crippen LogP contribution in [0, 0.1) is 11.2 Å². The van der Waals surface area contributed by atoms with Crippen molar-refractivity contribution >= 4 is 19.7 Å². The Kier molecular flexibility index (Phi) is 4.91. The zero-order chi connectivity index (χ0) is 11.3. The van der Waals surface area contributed by atoms with Crippen molar-refractivity contribution in [2.45, 2.75) is 38.6 Å². The van der Waals surface area contributed by atoms with E-state index in [4.69, 9.17) is 10.7 Å². The fourth-order valence-corrected chi connectivity index (χ4v) is 2.37. The highest BCUT2D eigenvalue weighted by molar-refractivity contribution is 8.17. The average Bonchev–Trinajstić information content (AvgIpc) is 2.16. The molecule has 0 N–H and O–H groups in total. The first-order chi connectivity index (χ1) is 7.03. The summed E-state index contributed by atoms with van der Waals surface area (Å²) < 4.78 is 21.2. The molecule has 1 aliphatic rings. The van der Waals surface area contributed by atoms with Crippen LogP contribution >= 0.6 is 10.7 Å². The predicted octanol–water partition coefficient (Wildman–Crippen LogP) is 1.78. The fraction of sp³-hybridized carbons (Fsp3) is 0.800. The van der Waals surface area contributed by atoms with Crippen LogP contribution in [-0.4, -0.2) is 32.4 Å². The summed E-state index contributed by atoms with van der Waals surface area (Å²) in [6.45, 7) is 4.21. The Morgan fingerprint density at radius 1 is 1.47 bits per heavy atom. The summed E-state index contributed by atoms with van der Waals surface area (Å²) in [7, 11) is 1.35. The van der Waals surface area contributed by atoms with Crippen molar-refractivity contribution in [1.82, 2.24) is 4.90 Å². The number of likely N-dealkylation sites (tertiary alicyclic amines) is 1. The Morgan fingerprint density at radius 3 is 2.80 bits per heavy atom. The second-order valence-corrected chi connectivity index (χ2v) is 6.00. The highest BCUT2D eigenvalue weighted by Gasteiger charge is 2.19. The van der Waals surface area contributed by atoms with E-state index >= 15 is 0 Å². The zero-order valence-electron chi connectivity index (χ0n) is 8.87. The summed E-state index contributed by atoms with van der Waals surface area (Å²) in [5.74, 6) is 2.65. The Bertz CT molecular complexity index is 355. The van der Waals surface area contributed by atoms with Crippen LogP contribution in [0.3, 0.4) is 0 Å². The minimum absolute atomic E-state index is 0.398. The molecule has 3 nitrogen and oxygen atoms in total. The quantitative estimate of drug-likeness (QED) is 0.553. The molecule has 1 saturated heterocycles. The molecule has 0 spiro atoms.